The maximum absolute atomic E-state index is 13.2. The van der Waals surface area contributed by atoms with E-state index in [9.17, 15) is 19.8 Å². The number of pyridine rings is 1. The van der Waals surface area contributed by atoms with Crippen LogP contribution in [0.25, 0.3) is 6.08 Å². The molecule has 0 saturated carbocycles. The summed E-state index contributed by atoms with van der Waals surface area (Å²) < 4.78 is 11.5. The van der Waals surface area contributed by atoms with Crippen LogP contribution in [0.2, 0.25) is 0 Å². The lowest BCUT2D eigenvalue weighted by molar-refractivity contribution is -0.164. The number of hydrogen-bond acceptors (Lipinski definition) is 7. The zero-order valence-corrected chi connectivity index (χ0v) is 22.9. The van der Waals surface area contributed by atoms with E-state index in [1.807, 2.05) is 13.0 Å². The van der Waals surface area contributed by atoms with E-state index in [-0.39, 0.29) is 42.1 Å². The number of ether oxygens (including phenoxy) is 2. The van der Waals surface area contributed by atoms with Crippen molar-refractivity contribution in [1.82, 2.24) is 4.98 Å². The first kappa shape index (κ1) is 29.1. The molecule has 2 fully saturated rings. The van der Waals surface area contributed by atoms with Crippen LogP contribution in [0, 0.1) is 11.3 Å². The lowest BCUT2D eigenvalue weighted by atomic mass is 9.67. The van der Waals surface area contributed by atoms with Crippen LogP contribution in [0.15, 0.2) is 29.4 Å². The SMILES string of the molecule is CC[C@]1(O)CC(=O)O[C@H](C(Cl)=Cc2ccccn2)C[C@@H]2O[C@]2(Cl)CCC[C@H](C)[C@@H](O)CC(=O)C1(C)C. The largest absolute Gasteiger partial charge is 0.456 e. The molecule has 2 N–H and O–H groups in total. The first-order valence-electron chi connectivity index (χ1n) is 12.6. The summed E-state index contributed by atoms with van der Waals surface area (Å²) in [4.78, 5) is 30.6. The van der Waals surface area contributed by atoms with E-state index in [0.29, 0.717) is 25.0 Å². The highest BCUT2D eigenvalue weighted by Gasteiger charge is 2.56. The number of carbonyl (C=O) groups excluding carboxylic acids is 2. The highest BCUT2D eigenvalue weighted by Crippen LogP contribution is 2.49. The Morgan fingerprint density at radius 3 is 2.67 bits per heavy atom. The van der Waals surface area contributed by atoms with Gasteiger partial charge in [-0.2, -0.15) is 0 Å². The molecule has 2 aliphatic heterocycles. The number of rotatable bonds is 3. The predicted octanol–water partition coefficient (Wildman–Crippen LogP) is 4.99. The van der Waals surface area contributed by atoms with Gasteiger partial charge in [-0.3, -0.25) is 14.6 Å². The molecule has 3 heterocycles. The van der Waals surface area contributed by atoms with Gasteiger partial charge in [0, 0.05) is 19.0 Å². The van der Waals surface area contributed by atoms with Crippen LogP contribution in [0.3, 0.4) is 0 Å². The van der Waals surface area contributed by atoms with Gasteiger partial charge in [0.1, 0.15) is 18.0 Å². The Kier molecular flexibility index (Phi) is 9.27. The zero-order chi connectivity index (χ0) is 26.7. The van der Waals surface area contributed by atoms with Crippen molar-refractivity contribution >= 4 is 41.0 Å². The van der Waals surface area contributed by atoms with Gasteiger partial charge in [-0.15, -0.1) is 0 Å². The van der Waals surface area contributed by atoms with Crippen molar-refractivity contribution in [2.45, 2.75) is 102 Å². The Morgan fingerprint density at radius 1 is 1.31 bits per heavy atom. The van der Waals surface area contributed by atoms with Crippen LogP contribution in [0.1, 0.15) is 78.3 Å². The number of alkyl halides is 1. The number of ketones is 1. The molecule has 0 aromatic carbocycles. The molecule has 0 radical (unpaired) electrons. The molecule has 1 aromatic heterocycles. The summed E-state index contributed by atoms with van der Waals surface area (Å²) in [6.07, 6.45) is 2.92. The van der Waals surface area contributed by atoms with Gasteiger partial charge in [0.2, 0.25) is 0 Å². The van der Waals surface area contributed by atoms with E-state index in [0.717, 1.165) is 0 Å². The molecule has 3 rings (SSSR count). The molecule has 9 heteroatoms. The van der Waals surface area contributed by atoms with Gasteiger partial charge in [0.05, 0.1) is 34.3 Å². The van der Waals surface area contributed by atoms with E-state index in [1.165, 1.54) is 0 Å². The monoisotopic (exact) mass is 541 g/mol. The molecule has 36 heavy (non-hydrogen) atoms. The molecule has 2 aliphatic rings. The molecular weight excluding hydrogens is 505 g/mol. The quantitative estimate of drug-likeness (QED) is 0.315. The summed E-state index contributed by atoms with van der Waals surface area (Å²) in [6, 6.07) is 5.38. The number of halogens is 2. The minimum atomic E-state index is -1.67. The normalized spacial score (nSPS) is 36.6. The lowest BCUT2D eigenvalue weighted by Crippen LogP contribution is -2.51. The van der Waals surface area contributed by atoms with Crippen molar-refractivity contribution in [3.05, 3.63) is 35.1 Å². The van der Waals surface area contributed by atoms with Gasteiger partial charge in [0.25, 0.3) is 0 Å². The third-order valence-corrected chi connectivity index (χ3v) is 8.73. The molecule has 7 nitrogen and oxygen atoms in total. The highest BCUT2D eigenvalue weighted by atomic mass is 35.5. The number of nitrogens with zero attached hydrogens (tertiary/aromatic N) is 1. The van der Waals surface area contributed by atoms with Crippen LogP contribution < -0.4 is 0 Å². The predicted molar refractivity (Wildman–Crippen MR) is 138 cm³/mol. The first-order valence-corrected chi connectivity index (χ1v) is 13.3. The Morgan fingerprint density at radius 2 is 2.03 bits per heavy atom. The van der Waals surface area contributed by atoms with Crippen molar-refractivity contribution in [2.24, 2.45) is 11.3 Å². The highest BCUT2D eigenvalue weighted by molar-refractivity contribution is 6.32. The minimum absolute atomic E-state index is 0.113. The number of cyclic esters (lactones) is 1. The Balaban J connectivity index is 1.90. The van der Waals surface area contributed by atoms with E-state index in [2.05, 4.69) is 4.98 Å². The summed E-state index contributed by atoms with van der Waals surface area (Å²) in [7, 11) is 0. The van der Waals surface area contributed by atoms with Gasteiger partial charge in [-0.05, 0) is 49.8 Å². The fourth-order valence-corrected chi connectivity index (χ4v) is 5.32. The maximum atomic E-state index is 13.2. The number of fused-ring (bicyclic) bond motifs is 1. The number of carbonyl (C=O) groups is 2. The smallest absolute Gasteiger partial charge is 0.309 e. The molecule has 1 aromatic rings. The minimum Gasteiger partial charge on any atom is -0.456 e. The van der Waals surface area contributed by atoms with Gasteiger partial charge < -0.3 is 19.7 Å². The van der Waals surface area contributed by atoms with Crippen LogP contribution in [0.4, 0.5) is 0 Å². The molecule has 0 spiro atoms. The van der Waals surface area contributed by atoms with Crippen molar-refractivity contribution in [2.75, 3.05) is 0 Å². The second-order valence-electron chi connectivity index (χ2n) is 10.6. The van der Waals surface area contributed by atoms with Gasteiger partial charge >= 0.3 is 5.97 Å². The Bertz CT molecular complexity index is 970. The topological polar surface area (TPSA) is 109 Å². The molecule has 0 bridgehead atoms. The van der Waals surface area contributed by atoms with Crippen LogP contribution in [-0.4, -0.2) is 55.9 Å². The number of epoxide rings is 1. The number of aliphatic hydroxyl groups excluding tert-OH is 1. The molecule has 0 aliphatic carbocycles. The fraction of sp³-hybridized carbons (Fsp3) is 0.667. The summed E-state index contributed by atoms with van der Waals surface area (Å²) in [5.74, 6) is -1.15. The van der Waals surface area contributed by atoms with Gasteiger partial charge in [0.15, 0.2) is 5.06 Å². The average Bonchev–Trinajstić information content (AvgIpc) is 3.46. The van der Waals surface area contributed by atoms with Gasteiger partial charge in [-0.25, -0.2) is 0 Å². The average molecular weight is 543 g/mol. The van der Waals surface area contributed by atoms with Crippen molar-refractivity contribution in [1.29, 1.82) is 0 Å². The fourth-order valence-electron chi connectivity index (χ4n) is 4.74. The Hall–Kier alpha value is -1.51. The molecule has 0 unspecified atom stereocenters. The molecule has 6 atom stereocenters. The molecule has 2 saturated heterocycles. The maximum Gasteiger partial charge on any atom is 0.309 e. The third-order valence-electron chi connectivity index (χ3n) is 7.86. The second-order valence-corrected chi connectivity index (χ2v) is 11.7. The first-order chi connectivity index (χ1) is 16.8. The van der Waals surface area contributed by atoms with E-state index >= 15 is 0 Å². The number of hydrogen-bond donors (Lipinski definition) is 2. The number of aromatic nitrogens is 1. The van der Waals surface area contributed by atoms with E-state index < -0.39 is 40.7 Å². The summed E-state index contributed by atoms with van der Waals surface area (Å²) in [5, 5.41) is 21.5. The van der Waals surface area contributed by atoms with Crippen molar-refractivity contribution in [3.63, 3.8) is 0 Å². The summed E-state index contributed by atoms with van der Waals surface area (Å²) >= 11 is 13.3. The summed E-state index contributed by atoms with van der Waals surface area (Å²) in [5.41, 5.74) is -2.36. The second kappa shape index (κ2) is 11.5. The van der Waals surface area contributed by atoms with Gasteiger partial charge in [-0.1, -0.05) is 57.0 Å². The van der Waals surface area contributed by atoms with E-state index in [1.54, 1.807) is 45.2 Å². The van der Waals surface area contributed by atoms with Crippen molar-refractivity contribution in [3.8, 4) is 0 Å². The third kappa shape index (κ3) is 6.67. The number of Topliss-reactive ketones (excluding diaryl/α,β-unsaturated/α-hetero) is 1. The molecule has 200 valence electrons. The molecular formula is C27H37Cl2NO6. The number of esters is 1. The zero-order valence-electron chi connectivity index (χ0n) is 21.4. The molecule has 0 amide bonds. The van der Waals surface area contributed by atoms with Crippen molar-refractivity contribution < 1.29 is 29.3 Å². The van der Waals surface area contributed by atoms with Crippen LogP contribution in [-0.2, 0) is 19.1 Å². The Labute approximate surface area is 223 Å². The summed E-state index contributed by atoms with van der Waals surface area (Å²) in [6.45, 7) is 6.82. The van der Waals surface area contributed by atoms with E-state index in [4.69, 9.17) is 32.7 Å². The standard InChI is InChI=1S/C27H37Cl2NO6/c1-5-26(34)16-24(33)35-21(19(28)13-18-10-6-7-12-30-18)15-23-27(29,36-23)11-8-9-17(2)20(31)14-22(32)25(26,3)4/h6-7,10,12-13,17,20-21,23,31,34H,5,8-9,11,14-16H2,1-4H3/t17-,20-,21-,23-,26-,27+/m0/s1. The van der Waals surface area contributed by atoms with Crippen LogP contribution >= 0.6 is 23.2 Å². The lowest BCUT2D eigenvalue weighted by Gasteiger charge is -2.41. The van der Waals surface area contributed by atoms with Crippen LogP contribution in [0.5, 0.6) is 0 Å². The number of aliphatic hydroxyl groups is 2.